The van der Waals surface area contributed by atoms with Crippen LogP contribution in [0.15, 0.2) is 18.2 Å². The maximum atomic E-state index is 12.5. The molecule has 0 saturated carbocycles. The van der Waals surface area contributed by atoms with Crippen LogP contribution in [0, 0.1) is 0 Å². The third-order valence-electron chi connectivity index (χ3n) is 5.41. The van der Waals surface area contributed by atoms with Gasteiger partial charge in [0.05, 0.1) is 15.7 Å². The summed E-state index contributed by atoms with van der Waals surface area (Å²) in [5.74, 6) is 0.989. The summed E-state index contributed by atoms with van der Waals surface area (Å²) < 4.78 is 22.0. The molecular weight excluding hydrogens is 346 g/mol. The lowest BCUT2D eigenvalue weighted by atomic mass is 9.88. The van der Waals surface area contributed by atoms with Crippen LogP contribution < -0.4 is 9.15 Å². The predicted octanol–water partition coefficient (Wildman–Crippen LogP) is 5.50. The Morgan fingerprint density at radius 2 is 1.80 bits per heavy atom. The van der Waals surface area contributed by atoms with Crippen molar-refractivity contribution in [3.8, 4) is 5.75 Å². The standard InChI is InChI=1S/C20H35NO2SSi/c1-19(2,3)24(22)21-18-11-9-10-15-14-16(12-13-17(15)18)23-25(7,8)20(4,5)6/h12-14,18,21H,9-11H2,1-8H3. The van der Waals surface area contributed by atoms with Gasteiger partial charge in [-0.1, -0.05) is 26.8 Å². The van der Waals surface area contributed by atoms with Crippen LogP contribution in [0.25, 0.3) is 0 Å². The molecule has 0 amide bonds. The molecule has 1 aliphatic rings. The van der Waals surface area contributed by atoms with Crippen molar-refractivity contribution in [2.75, 3.05) is 0 Å². The van der Waals surface area contributed by atoms with Gasteiger partial charge in [-0.25, -0.2) is 8.93 Å². The number of hydrogen-bond donors (Lipinski definition) is 1. The van der Waals surface area contributed by atoms with Crippen molar-refractivity contribution in [1.82, 2.24) is 4.72 Å². The van der Waals surface area contributed by atoms with Gasteiger partial charge in [0.2, 0.25) is 8.32 Å². The molecule has 3 nitrogen and oxygen atoms in total. The number of hydrogen-bond acceptors (Lipinski definition) is 2. The maximum Gasteiger partial charge on any atom is 0.250 e. The van der Waals surface area contributed by atoms with Crippen molar-refractivity contribution in [2.24, 2.45) is 0 Å². The van der Waals surface area contributed by atoms with Crippen molar-refractivity contribution in [2.45, 2.75) is 89.7 Å². The third-order valence-corrected chi connectivity index (χ3v) is 11.4. The van der Waals surface area contributed by atoms with Crippen LogP contribution in [0.1, 0.15) is 71.6 Å². The first-order chi connectivity index (χ1) is 11.3. The van der Waals surface area contributed by atoms with Gasteiger partial charge in [0.15, 0.2) is 0 Å². The molecule has 2 atom stereocenters. The lowest BCUT2D eigenvalue weighted by Crippen LogP contribution is -2.43. The van der Waals surface area contributed by atoms with E-state index < -0.39 is 19.3 Å². The minimum absolute atomic E-state index is 0.172. The molecule has 0 aromatic heterocycles. The van der Waals surface area contributed by atoms with Gasteiger partial charge in [0, 0.05) is 6.04 Å². The highest BCUT2D eigenvalue weighted by molar-refractivity contribution is 7.84. The number of benzene rings is 1. The number of rotatable bonds is 4. The van der Waals surface area contributed by atoms with E-state index in [1.54, 1.807) is 0 Å². The molecule has 142 valence electrons. The summed E-state index contributed by atoms with van der Waals surface area (Å²) >= 11 is 0. The molecule has 1 aromatic carbocycles. The van der Waals surface area contributed by atoms with Crippen LogP contribution in [-0.2, 0) is 17.4 Å². The van der Waals surface area contributed by atoms with E-state index in [9.17, 15) is 4.21 Å². The lowest BCUT2D eigenvalue weighted by molar-refractivity contribution is 0.486. The van der Waals surface area contributed by atoms with Gasteiger partial charge in [-0.3, -0.25) is 0 Å². The van der Waals surface area contributed by atoms with E-state index in [-0.39, 0.29) is 15.8 Å². The molecule has 0 radical (unpaired) electrons. The fourth-order valence-corrected chi connectivity index (χ4v) is 4.61. The molecule has 0 aliphatic heterocycles. The predicted molar refractivity (Wildman–Crippen MR) is 111 cm³/mol. The fraction of sp³-hybridized carbons (Fsp3) is 0.700. The smallest absolute Gasteiger partial charge is 0.250 e. The minimum atomic E-state index is -1.82. The van der Waals surface area contributed by atoms with Crippen LogP contribution in [0.4, 0.5) is 0 Å². The van der Waals surface area contributed by atoms with Gasteiger partial charge in [-0.2, -0.15) is 0 Å². The van der Waals surface area contributed by atoms with E-state index in [4.69, 9.17) is 4.43 Å². The summed E-state index contributed by atoms with van der Waals surface area (Å²) in [7, 11) is -2.87. The number of nitrogens with one attached hydrogen (secondary N) is 1. The quantitative estimate of drug-likeness (QED) is 0.699. The summed E-state index contributed by atoms with van der Waals surface area (Å²) in [6.45, 7) is 17.4. The van der Waals surface area contributed by atoms with Gasteiger partial charge < -0.3 is 4.43 Å². The minimum Gasteiger partial charge on any atom is -0.543 e. The molecule has 1 aromatic rings. The Kier molecular flexibility index (Phi) is 5.92. The van der Waals surface area contributed by atoms with Crippen molar-refractivity contribution in [3.05, 3.63) is 29.3 Å². The normalized spacial score (nSPS) is 20.1. The highest BCUT2D eigenvalue weighted by Gasteiger charge is 2.39. The average Bonchev–Trinajstić information content (AvgIpc) is 2.44. The lowest BCUT2D eigenvalue weighted by Gasteiger charge is -2.37. The van der Waals surface area contributed by atoms with E-state index in [1.165, 1.54) is 11.1 Å². The second-order valence-electron chi connectivity index (χ2n) is 9.67. The van der Waals surface area contributed by atoms with Crippen molar-refractivity contribution < 1.29 is 8.63 Å². The summed E-state index contributed by atoms with van der Waals surface area (Å²) in [5.41, 5.74) is 2.62. The average molecular weight is 382 g/mol. The first-order valence-corrected chi connectivity index (χ1v) is 13.4. The Bertz CT molecular complexity index is 644. The molecule has 2 rings (SSSR count). The topological polar surface area (TPSA) is 38.3 Å². The molecule has 0 spiro atoms. The van der Waals surface area contributed by atoms with E-state index >= 15 is 0 Å². The van der Waals surface area contributed by atoms with E-state index in [2.05, 4.69) is 56.8 Å². The van der Waals surface area contributed by atoms with Crippen molar-refractivity contribution in [1.29, 1.82) is 0 Å². The molecule has 0 bridgehead atoms. The van der Waals surface area contributed by atoms with E-state index in [1.807, 2.05) is 20.8 Å². The monoisotopic (exact) mass is 381 g/mol. The first-order valence-electron chi connectivity index (χ1n) is 9.31. The zero-order chi connectivity index (χ0) is 19.0. The summed E-state index contributed by atoms with van der Waals surface area (Å²) in [5, 5.41) is 0.191. The van der Waals surface area contributed by atoms with E-state index in [0.29, 0.717) is 0 Å². The number of fused-ring (bicyclic) bond motifs is 1. The Balaban J connectivity index is 2.21. The SMILES string of the molecule is CC(C)(C)S(=O)NC1CCCc2cc(O[Si](C)(C)C(C)(C)C)ccc21. The van der Waals surface area contributed by atoms with Gasteiger partial charge in [0.25, 0.3) is 0 Å². The highest BCUT2D eigenvalue weighted by atomic mass is 32.2. The summed E-state index contributed by atoms with van der Waals surface area (Å²) in [6, 6.07) is 6.66. The molecule has 1 aliphatic carbocycles. The molecule has 25 heavy (non-hydrogen) atoms. The Hall–Kier alpha value is -0.653. The molecule has 0 fully saturated rings. The van der Waals surface area contributed by atoms with Crippen LogP contribution in [-0.4, -0.2) is 17.3 Å². The van der Waals surface area contributed by atoms with Crippen LogP contribution in [0.2, 0.25) is 18.1 Å². The first kappa shape index (κ1) is 20.7. The van der Waals surface area contributed by atoms with Gasteiger partial charge >= 0.3 is 0 Å². The summed E-state index contributed by atoms with van der Waals surface area (Å²) in [6.07, 6.45) is 3.23. The zero-order valence-electron chi connectivity index (χ0n) is 17.2. The fourth-order valence-electron chi connectivity index (χ4n) is 2.73. The molecule has 1 N–H and O–H groups in total. The van der Waals surface area contributed by atoms with Crippen molar-refractivity contribution in [3.63, 3.8) is 0 Å². The van der Waals surface area contributed by atoms with Gasteiger partial charge in [0.1, 0.15) is 5.75 Å². The summed E-state index contributed by atoms with van der Waals surface area (Å²) in [4.78, 5) is 0. The van der Waals surface area contributed by atoms with Crippen molar-refractivity contribution >= 4 is 19.3 Å². The van der Waals surface area contributed by atoms with Crippen LogP contribution in [0.5, 0.6) is 5.75 Å². The molecule has 5 heteroatoms. The molecular formula is C20H35NO2SSi. The van der Waals surface area contributed by atoms with E-state index in [0.717, 1.165) is 25.0 Å². The second-order valence-corrected chi connectivity index (χ2v) is 16.4. The Labute approximate surface area is 157 Å². The van der Waals surface area contributed by atoms with Crippen LogP contribution in [0.3, 0.4) is 0 Å². The largest absolute Gasteiger partial charge is 0.543 e. The van der Waals surface area contributed by atoms with Gasteiger partial charge in [-0.15, -0.1) is 0 Å². The number of aryl methyl sites for hydroxylation is 1. The molecule has 2 unspecified atom stereocenters. The highest BCUT2D eigenvalue weighted by Crippen LogP contribution is 2.39. The second kappa shape index (κ2) is 7.16. The van der Waals surface area contributed by atoms with Crippen LogP contribution >= 0.6 is 0 Å². The molecule has 0 heterocycles. The van der Waals surface area contributed by atoms with Gasteiger partial charge in [-0.05, 0) is 81.4 Å². The molecule has 0 saturated heterocycles. The maximum absolute atomic E-state index is 12.5. The zero-order valence-corrected chi connectivity index (χ0v) is 19.0. The Morgan fingerprint density at radius 3 is 2.36 bits per heavy atom. The third kappa shape index (κ3) is 4.95. The Morgan fingerprint density at radius 1 is 1.16 bits per heavy atom.